The lowest BCUT2D eigenvalue weighted by molar-refractivity contribution is 0.0939. The number of carbonyl (C=O) groups excluding carboxylic acids is 1. The third-order valence-corrected chi connectivity index (χ3v) is 7.00. The van der Waals surface area contributed by atoms with E-state index in [-0.39, 0.29) is 5.91 Å². The van der Waals surface area contributed by atoms with Gasteiger partial charge in [-0.15, -0.1) is 11.3 Å². The zero-order chi connectivity index (χ0) is 21.2. The number of rotatable bonds is 5. The third kappa shape index (κ3) is 4.57. The molecule has 1 saturated heterocycles. The lowest BCUT2D eigenvalue weighted by atomic mass is 9.96. The zero-order valence-corrected chi connectivity index (χ0v) is 18.4. The number of benzene rings is 1. The molecule has 6 nitrogen and oxygen atoms in total. The van der Waals surface area contributed by atoms with Gasteiger partial charge in [0.15, 0.2) is 0 Å². The Kier molecular flexibility index (Phi) is 5.61. The summed E-state index contributed by atoms with van der Waals surface area (Å²) in [5.74, 6) is 0.525. The fourth-order valence-corrected chi connectivity index (χ4v) is 5.15. The summed E-state index contributed by atoms with van der Waals surface area (Å²) in [5.41, 5.74) is 3.33. The van der Waals surface area contributed by atoms with Crippen LogP contribution in [0.15, 0.2) is 49.1 Å². The quantitative estimate of drug-likeness (QED) is 0.513. The number of hydrogen-bond acceptors (Lipinski definition) is 6. The number of nitrogens with zero attached hydrogens (tertiary/aromatic N) is 4. The van der Waals surface area contributed by atoms with Gasteiger partial charge < -0.3 is 5.32 Å². The van der Waals surface area contributed by atoms with Gasteiger partial charge in [0, 0.05) is 41.8 Å². The predicted molar refractivity (Wildman–Crippen MR) is 124 cm³/mol. The minimum Gasteiger partial charge on any atom is -0.351 e. The van der Waals surface area contributed by atoms with Gasteiger partial charge in [0.1, 0.15) is 11.2 Å². The van der Waals surface area contributed by atoms with Crippen molar-refractivity contribution in [3.8, 4) is 0 Å². The maximum Gasteiger partial charge on any atom is 0.261 e. The lowest BCUT2D eigenvalue weighted by Crippen LogP contribution is -2.38. The first-order valence-corrected chi connectivity index (χ1v) is 11.5. The molecule has 4 aromatic rings. The molecule has 1 amide bonds. The number of aryl methyl sites for hydroxylation is 1. The van der Waals surface area contributed by atoms with Crippen molar-refractivity contribution in [3.63, 3.8) is 0 Å². The number of pyridine rings is 1. The Morgan fingerprint density at radius 2 is 1.94 bits per heavy atom. The normalized spacial score (nSPS) is 15.5. The molecule has 3 aromatic heterocycles. The van der Waals surface area contributed by atoms with Gasteiger partial charge in [0.25, 0.3) is 5.91 Å². The minimum atomic E-state index is 0.00657. The molecule has 1 N–H and O–H groups in total. The van der Waals surface area contributed by atoms with Crippen LogP contribution in [-0.2, 0) is 6.54 Å². The van der Waals surface area contributed by atoms with Gasteiger partial charge in [-0.3, -0.25) is 9.69 Å². The van der Waals surface area contributed by atoms with Crippen LogP contribution in [0.25, 0.3) is 21.1 Å². The van der Waals surface area contributed by atoms with Crippen molar-refractivity contribution in [2.45, 2.75) is 26.3 Å². The van der Waals surface area contributed by atoms with Crippen molar-refractivity contribution in [2.24, 2.45) is 5.92 Å². The third-order valence-electron chi connectivity index (χ3n) is 5.96. The van der Waals surface area contributed by atoms with E-state index in [1.54, 1.807) is 6.33 Å². The minimum absolute atomic E-state index is 0.00657. The second-order valence-corrected chi connectivity index (χ2v) is 9.40. The van der Waals surface area contributed by atoms with Gasteiger partial charge >= 0.3 is 0 Å². The Bertz CT molecular complexity index is 1210. The molecular formula is C24H25N5OS. The van der Waals surface area contributed by atoms with E-state index in [0.717, 1.165) is 70.6 Å². The van der Waals surface area contributed by atoms with E-state index in [0.29, 0.717) is 5.92 Å². The second-order valence-electron chi connectivity index (χ2n) is 8.37. The fourth-order valence-electron chi connectivity index (χ4n) is 4.21. The van der Waals surface area contributed by atoms with Crippen molar-refractivity contribution in [3.05, 3.63) is 65.1 Å². The summed E-state index contributed by atoms with van der Waals surface area (Å²) in [4.78, 5) is 29.8. The van der Waals surface area contributed by atoms with Crippen LogP contribution in [0, 0.1) is 12.8 Å². The highest BCUT2D eigenvalue weighted by molar-refractivity contribution is 7.20. The SMILES string of the molecule is Cc1ccc2nc3sc(C(=O)NCC4CCN(Cc5cncnc5)CC4)cc3cc2c1. The number of fused-ring (bicyclic) bond motifs is 2. The van der Waals surface area contributed by atoms with Gasteiger partial charge in [-0.2, -0.15) is 0 Å². The van der Waals surface area contributed by atoms with Crippen LogP contribution in [0.5, 0.6) is 0 Å². The van der Waals surface area contributed by atoms with Crippen LogP contribution < -0.4 is 5.32 Å². The summed E-state index contributed by atoms with van der Waals surface area (Å²) in [6.45, 7) is 5.77. The summed E-state index contributed by atoms with van der Waals surface area (Å²) in [6, 6.07) is 10.3. The molecule has 0 spiro atoms. The molecule has 1 aliphatic rings. The Balaban J connectivity index is 1.17. The van der Waals surface area contributed by atoms with E-state index in [1.807, 2.05) is 24.5 Å². The van der Waals surface area contributed by atoms with Crippen LogP contribution in [0.1, 0.15) is 33.6 Å². The summed E-state index contributed by atoms with van der Waals surface area (Å²) in [5, 5.41) is 5.30. The molecule has 4 heterocycles. The monoisotopic (exact) mass is 431 g/mol. The van der Waals surface area contributed by atoms with Crippen molar-refractivity contribution >= 4 is 38.4 Å². The Morgan fingerprint density at radius 3 is 2.74 bits per heavy atom. The van der Waals surface area contributed by atoms with E-state index in [9.17, 15) is 4.79 Å². The van der Waals surface area contributed by atoms with Gasteiger partial charge in [0.2, 0.25) is 0 Å². The maximum atomic E-state index is 12.8. The number of piperidine rings is 1. The standard InChI is InChI=1S/C24H25N5OS/c1-16-2-3-21-19(8-16)9-20-10-22(31-24(20)28-21)23(30)27-13-17-4-6-29(7-5-17)14-18-11-25-15-26-12-18/h2-3,8-12,15,17H,4-7,13-14H2,1H3,(H,27,30). The summed E-state index contributed by atoms with van der Waals surface area (Å²) in [6.07, 6.45) is 7.50. The number of carbonyl (C=O) groups is 1. The molecule has 0 saturated carbocycles. The lowest BCUT2D eigenvalue weighted by Gasteiger charge is -2.31. The van der Waals surface area contributed by atoms with E-state index < -0.39 is 0 Å². The number of likely N-dealkylation sites (tertiary alicyclic amines) is 1. The highest BCUT2D eigenvalue weighted by Gasteiger charge is 2.21. The molecule has 0 radical (unpaired) electrons. The first-order chi connectivity index (χ1) is 15.1. The van der Waals surface area contributed by atoms with Crippen LogP contribution >= 0.6 is 11.3 Å². The molecule has 7 heteroatoms. The number of hydrogen-bond donors (Lipinski definition) is 1. The van der Waals surface area contributed by atoms with Gasteiger partial charge in [-0.05, 0) is 63.0 Å². The van der Waals surface area contributed by atoms with E-state index >= 15 is 0 Å². The summed E-state index contributed by atoms with van der Waals surface area (Å²) >= 11 is 1.47. The topological polar surface area (TPSA) is 71.0 Å². The average Bonchev–Trinajstić information content (AvgIpc) is 3.20. The Hall–Kier alpha value is -2.90. The molecule has 1 aliphatic heterocycles. The molecule has 0 unspecified atom stereocenters. The number of thiophene rings is 1. The summed E-state index contributed by atoms with van der Waals surface area (Å²) in [7, 11) is 0. The Labute approximate surface area is 185 Å². The highest BCUT2D eigenvalue weighted by atomic mass is 32.1. The molecule has 158 valence electrons. The molecule has 0 bridgehead atoms. The van der Waals surface area contributed by atoms with Crippen molar-refractivity contribution in [1.82, 2.24) is 25.2 Å². The Morgan fingerprint density at radius 1 is 1.13 bits per heavy atom. The molecule has 1 aromatic carbocycles. The molecule has 31 heavy (non-hydrogen) atoms. The second kappa shape index (κ2) is 8.69. The van der Waals surface area contributed by atoms with E-state index in [2.05, 4.69) is 45.3 Å². The summed E-state index contributed by atoms with van der Waals surface area (Å²) < 4.78 is 0. The number of nitrogens with one attached hydrogen (secondary N) is 1. The number of amides is 1. The van der Waals surface area contributed by atoms with Crippen LogP contribution in [0.2, 0.25) is 0 Å². The van der Waals surface area contributed by atoms with Crippen molar-refractivity contribution in [2.75, 3.05) is 19.6 Å². The smallest absolute Gasteiger partial charge is 0.261 e. The van der Waals surface area contributed by atoms with Gasteiger partial charge in [-0.1, -0.05) is 11.6 Å². The van der Waals surface area contributed by atoms with E-state index in [4.69, 9.17) is 4.98 Å². The zero-order valence-electron chi connectivity index (χ0n) is 17.5. The first-order valence-electron chi connectivity index (χ1n) is 10.7. The first kappa shape index (κ1) is 20.0. The number of aromatic nitrogens is 3. The molecule has 0 aliphatic carbocycles. The largest absolute Gasteiger partial charge is 0.351 e. The molecule has 0 atom stereocenters. The molecule has 1 fully saturated rings. The molecule has 5 rings (SSSR count). The van der Waals surface area contributed by atoms with E-state index in [1.165, 1.54) is 16.9 Å². The average molecular weight is 432 g/mol. The van der Waals surface area contributed by atoms with Crippen molar-refractivity contribution in [1.29, 1.82) is 0 Å². The van der Waals surface area contributed by atoms with Crippen LogP contribution in [0.3, 0.4) is 0 Å². The fraction of sp³-hybridized carbons (Fsp3) is 0.333. The molecular weight excluding hydrogens is 406 g/mol. The van der Waals surface area contributed by atoms with Gasteiger partial charge in [0.05, 0.1) is 10.4 Å². The maximum absolute atomic E-state index is 12.8. The predicted octanol–water partition coefficient (Wildman–Crippen LogP) is 4.19. The van der Waals surface area contributed by atoms with Crippen LogP contribution in [-0.4, -0.2) is 45.4 Å². The highest BCUT2D eigenvalue weighted by Crippen LogP contribution is 2.28. The van der Waals surface area contributed by atoms with Gasteiger partial charge in [-0.25, -0.2) is 15.0 Å². The van der Waals surface area contributed by atoms with Crippen LogP contribution in [0.4, 0.5) is 0 Å². The van der Waals surface area contributed by atoms with Crippen molar-refractivity contribution < 1.29 is 4.79 Å².